The minimum absolute atomic E-state index is 0. The average Bonchev–Trinajstić information content (AvgIpc) is 3.60. The fraction of sp³-hybridized carbons (Fsp3) is 0.889. The van der Waals surface area contributed by atoms with E-state index in [1.807, 2.05) is 0 Å². The van der Waals surface area contributed by atoms with E-state index in [2.05, 4.69) is 5.32 Å². The molecular formula is C27H47ClF4N6O4. The van der Waals surface area contributed by atoms with Crippen molar-refractivity contribution in [1.82, 2.24) is 29.8 Å². The molecule has 4 heterocycles. The molecule has 0 unspecified atom stereocenters. The highest BCUT2D eigenvalue weighted by Crippen LogP contribution is 2.23. The number of alkyl halides is 4. The molecule has 0 aromatic carbocycles. The number of hydrogen-bond donors (Lipinski definition) is 1. The van der Waals surface area contributed by atoms with Gasteiger partial charge in [0.1, 0.15) is 11.6 Å². The van der Waals surface area contributed by atoms with E-state index >= 15 is 0 Å². The number of nitrogens with zero attached hydrogens (tertiary/aromatic N) is 5. The van der Waals surface area contributed by atoms with Crippen LogP contribution in [0.2, 0.25) is 0 Å². The summed E-state index contributed by atoms with van der Waals surface area (Å²) in [5, 5.41) is 3.17. The smallest absolute Gasteiger partial charge is 0.410 e. The van der Waals surface area contributed by atoms with Crippen molar-refractivity contribution in [2.24, 2.45) is 0 Å². The third-order valence-electron chi connectivity index (χ3n) is 7.68. The number of likely N-dealkylation sites (tertiary alicyclic amines) is 1. The fourth-order valence-electron chi connectivity index (χ4n) is 5.58. The second kappa shape index (κ2) is 16.8. The molecule has 4 saturated heterocycles. The van der Waals surface area contributed by atoms with Crippen LogP contribution in [0.25, 0.3) is 0 Å². The molecule has 0 spiro atoms. The topological polar surface area (TPSA) is 88.7 Å². The molecule has 0 aromatic heterocycles. The van der Waals surface area contributed by atoms with Crippen molar-refractivity contribution in [2.75, 3.05) is 78.5 Å². The maximum absolute atomic E-state index is 12.7. The van der Waals surface area contributed by atoms with Crippen LogP contribution in [0.5, 0.6) is 0 Å². The lowest BCUT2D eigenvalue weighted by Gasteiger charge is -2.37. The summed E-state index contributed by atoms with van der Waals surface area (Å²) >= 11 is 0. The number of amides is 3. The Labute approximate surface area is 252 Å². The van der Waals surface area contributed by atoms with Crippen molar-refractivity contribution in [2.45, 2.75) is 77.0 Å². The van der Waals surface area contributed by atoms with Crippen molar-refractivity contribution in [3.8, 4) is 0 Å². The van der Waals surface area contributed by atoms with E-state index in [4.69, 9.17) is 4.74 Å². The normalized spacial score (nSPS) is 24.0. The minimum atomic E-state index is -2.36. The second-order valence-corrected chi connectivity index (χ2v) is 12.0. The van der Waals surface area contributed by atoms with Gasteiger partial charge < -0.3 is 19.9 Å². The summed E-state index contributed by atoms with van der Waals surface area (Å²) in [6.07, 6.45) is -1.78. The number of piperazine rings is 2. The van der Waals surface area contributed by atoms with Gasteiger partial charge in [-0.2, -0.15) is 0 Å². The van der Waals surface area contributed by atoms with Crippen LogP contribution in [-0.2, 0) is 14.3 Å². The number of carbonyl (C=O) groups excluding carboxylic acids is 3. The minimum Gasteiger partial charge on any atom is -0.444 e. The maximum atomic E-state index is 12.7. The molecule has 42 heavy (non-hydrogen) atoms. The Kier molecular flexibility index (Phi) is 14.5. The number of carbonyl (C=O) groups is 3. The Morgan fingerprint density at radius 1 is 0.762 bits per heavy atom. The quantitative estimate of drug-likeness (QED) is 0.451. The van der Waals surface area contributed by atoms with E-state index in [1.54, 1.807) is 40.4 Å². The van der Waals surface area contributed by atoms with Crippen molar-refractivity contribution in [3.63, 3.8) is 0 Å². The van der Waals surface area contributed by atoms with Crippen LogP contribution in [-0.4, -0.2) is 151 Å². The highest BCUT2D eigenvalue weighted by atomic mass is 35.5. The van der Waals surface area contributed by atoms with Gasteiger partial charge in [-0.1, -0.05) is 0 Å². The molecule has 0 aliphatic carbocycles. The summed E-state index contributed by atoms with van der Waals surface area (Å²) in [6.45, 7) is 10.3. The van der Waals surface area contributed by atoms with E-state index in [9.17, 15) is 31.9 Å². The van der Waals surface area contributed by atoms with Crippen molar-refractivity contribution >= 4 is 30.3 Å². The lowest BCUT2D eigenvalue weighted by Crippen LogP contribution is -2.55. The lowest BCUT2D eigenvalue weighted by molar-refractivity contribution is -0.138. The highest BCUT2D eigenvalue weighted by molar-refractivity contribution is 5.86. The van der Waals surface area contributed by atoms with Crippen LogP contribution < -0.4 is 5.32 Å². The number of rotatable bonds is 6. The van der Waals surface area contributed by atoms with Gasteiger partial charge in [0.2, 0.25) is 11.8 Å². The Morgan fingerprint density at radius 3 is 1.69 bits per heavy atom. The van der Waals surface area contributed by atoms with Crippen LogP contribution in [0, 0.1) is 0 Å². The molecular weight excluding hydrogens is 584 g/mol. The predicted molar refractivity (Wildman–Crippen MR) is 152 cm³/mol. The molecule has 0 saturated carbocycles. The molecule has 15 heteroatoms. The molecule has 4 fully saturated rings. The maximum Gasteiger partial charge on any atom is 0.410 e. The van der Waals surface area contributed by atoms with Gasteiger partial charge >= 0.3 is 6.09 Å². The summed E-state index contributed by atoms with van der Waals surface area (Å²) in [5.74, 6) is 0.0363. The number of ether oxygens (including phenoxy) is 1. The third kappa shape index (κ3) is 11.3. The van der Waals surface area contributed by atoms with Crippen LogP contribution in [0.3, 0.4) is 0 Å². The summed E-state index contributed by atoms with van der Waals surface area (Å²) in [6, 6.07) is -0.543. The molecule has 0 bridgehead atoms. The molecule has 4 aliphatic heterocycles. The monoisotopic (exact) mass is 630 g/mol. The summed E-state index contributed by atoms with van der Waals surface area (Å²) in [5.41, 5.74) is -0.603. The molecule has 0 aromatic rings. The lowest BCUT2D eigenvalue weighted by atomic mass is 10.1. The van der Waals surface area contributed by atoms with Gasteiger partial charge in [-0.25, -0.2) is 22.4 Å². The Balaban J connectivity index is 0.000000302. The zero-order valence-corrected chi connectivity index (χ0v) is 25.7. The molecule has 3 amide bonds. The SMILES string of the molecule is CC(C)(C)OC(=O)N1CCC[C@H]1C(=O)N1CCN(CC(F)F)CC1.Cl.O=C([C@@H]1CCCN1)N1CCN(CC(F)F)CC1. The molecule has 0 radical (unpaired) electrons. The standard InChI is InChI=1S/C16H27F2N3O3.C11H19F2N3O.ClH/c1-16(2,3)24-15(23)21-6-4-5-12(21)14(22)20-9-7-19(8-10-20)11-13(17)18;12-10(13)8-15-4-6-16(7-5-15)11(17)9-2-1-3-14-9;/h12-13H,4-11H2,1-3H3;9-10,14H,1-8H2;1H/t12-;9-;/m00./s1. The Hall–Kier alpha value is -1.90. The molecule has 1 N–H and O–H groups in total. The zero-order chi connectivity index (χ0) is 30.2. The van der Waals surface area contributed by atoms with E-state index in [0.29, 0.717) is 65.3 Å². The number of halogens is 5. The molecule has 10 nitrogen and oxygen atoms in total. The first-order valence-electron chi connectivity index (χ1n) is 14.7. The summed E-state index contributed by atoms with van der Waals surface area (Å²) in [7, 11) is 0. The van der Waals surface area contributed by atoms with Gasteiger partial charge in [0.15, 0.2) is 0 Å². The van der Waals surface area contributed by atoms with Gasteiger partial charge in [0, 0.05) is 58.9 Å². The third-order valence-corrected chi connectivity index (χ3v) is 7.68. The first kappa shape index (κ1) is 36.3. The molecule has 4 rings (SSSR count). The van der Waals surface area contributed by atoms with Crippen LogP contribution in [0.4, 0.5) is 22.4 Å². The van der Waals surface area contributed by atoms with Crippen LogP contribution in [0.15, 0.2) is 0 Å². The van der Waals surface area contributed by atoms with Gasteiger partial charge in [-0.15, -0.1) is 12.4 Å². The Bertz CT molecular complexity index is 862. The second-order valence-electron chi connectivity index (χ2n) is 12.0. The van der Waals surface area contributed by atoms with Crippen LogP contribution >= 0.6 is 12.4 Å². The van der Waals surface area contributed by atoms with Crippen molar-refractivity contribution in [1.29, 1.82) is 0 Å². The summed E-state index contributed by atoms with van der Waals surface area (Å²) in [4.78, 5) is 45.4. The van der Waals surface area contributed by atoms with E-state index in [1.165, 1.54) is 4.90 Å². The van der Waals surface area contributed by atoms with Gasteiger partial charge in [-0.05, 0) is 53.0 Å². The molecule has 4 aliphatic rings. The Morgan fingerprint density at radius 2 is 1.26 bits per heavy atom. The zero-order valence-electron chi connectivity index (χ0n) is 24.9. The van der Waals surface area contributed by atoms with E-state index in [-0.39, 0.29) is 43.4 Å². The van der Waals surface area contributed by atoms with Gasteiger partial charge in [-0.3, -0.25) is 24.3 Å². The first-order chi connectivity index (χ1) is 19.3. The van der Waals surface area contributed by atoms with Crippen molar-refractivity contribution in [3.05, 3.63) is 0 Å². The van der Waals surface area contributed by atoms with Crippen LogP contribution in [0.1, 0.15) is 46.5 Å². The molecule has 244 valence electrons. The van der Waals surface area contributed by atoms with Gasteiger partial charge in [0.05, 0.1) is 19.1 Å². The van der Waals surface area contributed by atoms with E-state index < -0.39 is 30.6 Å². The van der Waals surface area contributed by atoms with Crippen molar-refractivity contribution < 1.29 is 36.7 Å². The predicted octanol–water partition coefficient (Wildman–Crippen LogP) is 2.36. The largest absolute Gasteiger partial charge is 0.444 e. The highest BCUT2D eigenvalue weighted by Gasteiger charge is 2.39. The van der Waals surface area contributed by atoms with E-state index in [0.717, 1.165) is 25.8 Å². The van der Waals surface area contributed by atoms with Gasteiger partial charge in [0.25, 0.3) is 12.9 Å². The fourth-order valence-corrected chi connectivity index (χ4v) is 5.58. The summed E-state index contributed by atoms with van der Waals surface area (Å²) < 4.78 is 54.6. The first-order valence-corrected chi connectivity index (χ1v) is 14.7. The number of hydrogen-bond acceptors (Lipinski definition) is 7. The molecule has 2 atom stereocenters. The average molecular weight is 631 g/mol. The number of nitrogens with one attached hydrogen (secondary N) is 1.